The first kappa shape index (κ1) is 8.56. The third-order valence-corrected chi connectivity index (χ3v) is 3.08. The van der Waals surface area contributed by atoms with Gasteiger partial charge in [0, 0.05) is 6.54 Å². The molecule has 0 spiro atoms. The Morgan fingerprint density at radius 1 is 1.69 bits per heavy atom. The van der Waals surface area contributed by atoms with Crippen LogP contribution in [0.1, 0.15) is 22.5 Å². The van der Waals surface area contributed by atoms with Crippen molar-refractivity contribution in [2.45, 2.75) is 12.8 Å². The topological polar surface area (TPSA) is 55.1 Å². The molecule has 4 heteroatoms. The van der Waals surface area contributed by atoms with Crippen molar-refractivity contribution in [1.29, 1.82) is 0 Å². The maximum absolute atomic E-state index is 11.5. The number of hydrogen-bond donors (Lipinski definition) is 2. The molecule has 0 aliphatic heterocycles. The first-order valence-electron chi connectivity index (χ1n) is 4.38. The molecule has 1 saturated carbocycles. The van der Waals surface area contributed by atoms with E-state index in [4.69, 9.17) is 5.73 Å². The molecule has 0 radical (unpaired) electrons. The number of thiophene rings is 1. The number of amides is 1. The summed E-state index contributed by atoms with van der Waals surface area (Å²) in [6.07, 6.45) is 2.50. The van der Waals surface area contributed by atoms with Crippen LogP contribution in [0.2, 0.25) is 0 Å². The Morgan fingerprint density at radius 2 is 2.46 bits per heavy atom. The maximum atomic E-state index is 11.5. The zero-order valence-corrected chi connectivity index (χ0v) is 8.06. The molecular weight excluding hydrogens is 184 g/mol. The van der Waals surface area contributed by atoms with Gasteiger partial charge in [-0.3, -0.25) is 4.79 Å². The van der Waals surface area contributed by atoms with E-state index in [0.29, 0.717) is 16.5 Å². The normalized spacial score (nSPS) is 15.7. The van der Waals surface area contributed by atoms with Gasteiger partial charge in [0.2, 0.25) is 0 Å². The lowest BCUT2D eigenvalue weighted by atomic mass is 10.3. The van der Waals surface area contributed by atoms with Gasteiger partial charge >= 0.3 is 0 Å². The Labute approximate surface area is 80.9 Å². The van der Waals surface area contributed by atoms with Crippen molar-refractivity contribution in [2.75, 3.05) is 12.3 Å². The molecule has 70 valence electrons. The molecule has 13 heavy (non-hydrogen) atoms. The Balaban J connectivity index is 1.92. The number of anilines is 1. The van der Waals surface area contributed by atoms with E-state index in [9.17, 15) is 4.79 Å². The molecule has 0 atom stereocenters. The van der Waals surface area contributed by atoms with Crippen LogP contribution in [0.5, 0.6) is 0 Å². The summed E-state index contributed by atoms with van der Waals surface area (Å²) in [5, 5.41) is 4.71. The van der Waals surface area contributed by atoms with Crippen molar-refractivity contribution in [3.05, 3.63) is 16.3 Å². The van der Waals surface area contributed by atoms with E-state index in [-0.39, 0.29) is 5.91 Å². The number of rotatable bonds is 3. The minimum absolute atomic E-state index is 0.0283. The highest BCUT2D eigenvalue weighted by atomic mass is 32.1. The van der Waals surface area contributed by atoms with Crippen molar-refractivity contribution in [3.63, 3.8) is 0 Å². The fraction of sp³-hybridized carbons (Fsp3) is 0.444. The van der Waals surface area contributed by atoms with E-state index in [1.54, 1.807) is 6.07 Å². The van der Waals surface area contributed by atoms with Crippen LogP contribution in [0.4, 0.5) is 5.69 Å². The van der Waals surface area contributed by atoms with E-state index in [1.807, 2.05) is 5.38 Å². The van der Waals surface area contributed by atoms with Crippen LogP contribution in [0.25, 0.3) is 0 Å². The predicted octanol–water partition coefficient (Wildman–Crippen LogP) is 1.47. The first-order chi connectivity index (χ1) is 6.27. The Kier molecular flexibility index (Phi) is 2.22. The number of carbonyl (C=O) groups excluding carboxylic acids is 1. The summed E-state index contributed by atoms with van der Waals surface area (Å²) in [6, 6.07) is 1.76. The smallest absolute Gasteiger partial charge is 0.263 e. The van der Waals surface area contributed by atoms with Crippen molar-refractivity contribution in [3.8, 4) is 0 Å². The molecule has 0 unspecified atom stereocenters. The number of nitrogen functional groups attached to an aromatic ring is 1. The molecule has 2 rings (SSSR count). The van der Waals surface area contributed by atoms with Crippen LogP contribution in [-0.4, -0.2) is 12.5 Å². The van der Waals surface area contributed by atoms with E-state index < -0.39 is 0 Å². The molecule has 0 bridgehead atoms. The summed E-state index contributed by atoms with van der Waals surface area (Å²) in [5.74, 6) is 0.685. The molecule has 1 aromatic rings. The van der Waals surface area contributed by atoms with Gasteiger partial charge in [0.05, 0.1) is 5.69 Å². The fourth-order valence-electron chi connectivity index (χ4n) is 1.14. The second kappa shape index (κ2) is 3.38. The third-order valence-electron chi connectivity index (χ3n) is 2.15. The number of nitrogens with one attached hydrogen (secondary N) is 1. The molecule has 0 saturated heterocycles. The highest BCUT2D eigenvalue weighted by molar-refractivity contribution is 7.12. The summed E-state index contributed by atoms with van der Waals surface area (Å²) >= 11 is 1.39. The average Bonchev–Trinajstić information content (AvgIpc) is 2.84. The summed E-state index contributed by atoms with van der Waals surface area (Å²) in [5.41, 5.74) is 6.19. The summed E-state index contributed by atoms with van der Waals surface area (Å²) < 4.78 is 0. The Morgan fingerprint density at radius 3 is 3.00 bits per heavy atom. The SMILES string of the molecule is Nc1ccsc1C(=O)NCC1CC1. The number of carbonyl (C=O) groups is 1. The first-order valence-corrected chi connectivity index (χ1v) is 5.26. The van der Waals surface area contributed by atoms with Gasteiger partial charge in [-0.1, -0.05) is 0 Å². The molecular formula is C9H12N2OS. The predicted molar refractivity (Wildman–Crippen MR) is 53.8 cm³/mol. The van der Waals surface area contributed by atoms with Crippen LogP contribution in [0.3, 0.4) is 0 Å². The quantitative estimate of drug-likeness (QED) is 0.769. The highest BCUT2D eigenvalue weighted by Gasteiger charge is 2.22. The average molecular weight is 196 g/mol. The highest BCUT2D eigenvalue weighted by Crippen LogP contribution is 2.28. The van der Waals surface area contributed by atoms with Crippen molar-refractivity contribution >= 4 is 22.9 Å². The Hall–Kier alpha value is -1.03. The van der Waals surface area contributed by atoms with E-state index in [1.165, 1.54) is 24.2 Å². The lowest BCUT2D eigenvalue weighted by Gasteiger charge is -2.01. The molecule has 3 nitrogen and oxygen atoms in total. The van der Waals surface area contributed by atoms with Crippen molar-refractivity contribution < 1.29 is 4.79 Å². The van der Waals surface area contributed by atoms with E-state index >= 15 is 0 Å². The lowest BCUT2D eigenvalue weighted by molar-refractivity contribution is 0.0956. The van der Waals surface area contributed by atoms with Gasteiger partial charge in [-0.05, 0) is 30.2 Å². The monoisotopic (exact) mass is 196 g/mol. The molecule has 1 amide bonds. The largest absolute Gasteiger partial charge is 0.397 e. The van der Waals surface area contributed by atoms with Crippen LogP contribution < -0.4 is 11.1 Å². The zero-order chi connectivity index (χ0) is 9.26. The Bertz CT molecular complexity index is 317. The van der Waals surface area contributed by atoms with Crippen LogP contribution in [-0.2, 0) is 0 Å². The maximum Gasteiger partial charge on any atom is 0.263 e. The second-order valence-corrected chi connectivity index (χ2v) is 4.27. The van der Waals surface area contributed by atoms with Gasteiger partial charge in [-0.25, -0.2) is 0 Å². The second-order valence-electron chi connectivity index (χ2n) is 3.36. The van der Waals surface area contributed by atoms with Gasteiger partial charge in [-0.15, -0.1) is 11.3 Å². The molecule has 0 aromatic carbocycles. The molecule has 1 aliphatic rings. The lowest BCUT2D eigenvalue weighted by Crippen LogP contribution is -2.25. The minimum Gasteiger partial charge on any atom is -0.397 e. The summed E-state index contributed by atoms with van der Waals surface area (Å²) in [4.78, 5) is 12.1. The van der Waals surface area contributed by atoms with Crippen molar-refractivity contribution in [2.24, 2.45) is 5.92 Å². The van der Waals surface area contributed by atoms with Gasteiger partial charge in [-0.2, -0.15) is 0 Å². The van der Waals surface area contributed by atoms with E-state index in [2.05, 4.69) is 5.32 Å². The van der Waals surface area contributed by atoms with Crippen LogP contribution in [0, 0.1) is 5.92 Å². The van der Waals surface area contributed by atoms with E-state index in [0.717, 1.165) is 6.54 Å². The van der Waals surface area contributed by atoms with Gasteiger partial charge in [0.25, 0.3) is 5.91 Å². The minimum atomic E-state index is -0.0283. The zero-order valence-electron chi connectivity index (χ0n) is 7.25. The van der Waals surface area contributed by atoms with Gasteiger partial charge < -0.3 is 11.1 Å². The summed E-state index contributed by atoms with van der Waals surface area (Å²) in [6.45, 7) is 0.802. The summed E-state index contributed by atoms with van der Waals surface area (Å²) in [7, 11) is 0. The third kappa shape index (κ3) is 2.01. The molecule has 1 heterocycles. The van der Waals surface area contributed by atoms with Crippen LogP contribution in [0.15, 0.2) is 11.4 Å². The number of hydrogen-bond acceptors (Lipinski definition) is 3. The fourth-order valence-corrected chi connectivity index (χ4v) is 1.88. The molecule has 1 fully saturated rings. The van der Waals surface area contributed by atoms with Crippen LogP contribution >= 0.6 is 11.3 Å². The molecule has 1 aliphatic carbocycles. The standard InChI is InChI=1S/C9H12N2OS/c10-7-3-4-13-8(7)9(12)11-5-6-1-2-6/h3-4,6H,1-2,5,10H2,(H,11,12). The molecule has 3 N–H and O–H groups in total. The van der Waals surface area contributed by atoms with Gasteiger partial charge in [0.15, 0.2) is 0 Å². The number of nitrogens with two attached hydrogens (primary N) is 1. The molecule has 1 aromatic heterocycles. The van der Waals surface area contributed by atoms with Crippen molar-refractivity contribution in [1.82, 2.24) is 5.32 Å². The van der Waals surface area contributed by atoms with Gasteiger partial charge in [0.1, 0.15) is 4.88 Å².